The number of aromatic amines is 1. The molecule has 0 unspecified atom stereocenters. The van der Waals surface area contributed by atoms with E-state index in [0.717, 1.165) is 35.5 Å². The molecule has 4 rings (SSSR count). The number of carbonyl (C=O) groups is 1. The van der Waals surface area contributed by atoms with Crippen molar-refractivity contribution in [3.63, 3.8) is 0 Å². The lowest BCUT2D eigenvalue weighted by Gasteiger charge is -2.11. The zero-order valence-electron chi connectivity index (χ0n) is 16.7. The van der Waals surface area contributed by atoms with Gasteiger partial charge in [0.1, 0.15) is 11.4 Å². The van der Waals surface area contributed by atoms with Crippen molar-refractivity contribution in [3.8, 4) is 0 Å². The topological polar surface area (TPSA) is 115 Å². The van der Waals surface area contributed by atoms with Crippen LogP contribution in [0, 0.1) is 0 Å². The van der Waals surface area contributed by atoms with Crippen LogP contribution in [-0.4, -0.2) is 44.3 Å². The molecule has 0 aromatic carbocycles. The Morgan fingerprint density at radius 1 is 1.34 bits per heavy atom. The Kier molecular flexibility index (Phi) is 5.55. The molecule has 2 aromatic rings. The summed E-state index contributed by atoms with van der Waals surface area (Å²) < 4.78 is 0. The van der Waals surface area contributed by atoms with Crippen molar-refractivity contribution in [2.24, 2.45) is 5.10 Å². The monoisotopic (exact) mass is 394 g/mol. The molecule has 0 spiro atoms. The lowest BCUT2D eigenvalue weighted by molar-refractivity contribution is -0.116. The fraction of sp³-hybridized carbons (Fsp3) is 0.429. The van der Waals surface area contributed by atoms with Crippen LogP contribution in [0.25, 0.3) is 6.08 Å². The first-order valence-electron chi connectivity index (χ1n) is 10.0. The third-order valence-electron chi connectivity index (χ3n) is 5.25. The Morgan fingerprint density at radius 2 is 2.17 bits per heavy atom. The summed E-state index contributed by atoms with van der Waals surface area (Å²) in [5.74, 6) is -0.0480. The predicted molar refractivity (Wildman–Crippen MR) is 110 cm³/mol. The molecule has 8 heteroatoms. The SMILES string of the molecule is CC(C)c1c(/C=C2/C(=O)NN=C2c2cnccn2)[nH]c(CO)c1CCNC1CC1. The summed E-state index contributed by atoms with van der Waals surface area (Å²) in [4.78, 5) is 24.1. The molecule has 0 radical (unpaired) electrons. The number of nitrogens with one attached hydrogen (secondary N) is 3. The van der Waals surface area contributed by atoms with Crippen LogP contribution in [0.3, 0.4) is 0 Å². The van der Waals surface area contributed by atoms with Crippen LogP contribution in [0.2, 0.25) is 0 Å². The fourth-order valence-corrected chi connectivity index (χ4v) is 3.74. The lowest BCUT2D eigenvalue weighted by Crippen LogP contribution is -2.20. The highest BCUT2D eigenvalue weighted by molar-refractivity contribution is 6.32. The van der Waals surface area contributed by atoms with Gasteiger partial charge in [-0.1, -0.05) is 13.8 Å². The van der Waals surface area contributed by atoms with Gasteiger partial charge in [0.25, 0.3) is 5.91 Å². The fourth-order valence-electron chi connectivity index (χ4n) is 3.74. The number of aliphatic hydroxyl groups is 1. The molecular weight excluding hydrogens is 368 g/mol. The van der Waals surface area contributed by atoms with E-state index in [4.69, 9.17) is 0 Å². The second-order valence-corrected chi connectivity index (χ2v) is 7.75. The normalized spacial score (nSPS) is 17.9. The molecule has 1 aliphatic carbocycles. The lowest BCUT2D eigenvalue weighted by atomic mass is 9.94. The molecule has 4 N–H and O–H groups in total. The number of H-pyrrole nitrogens is 1. The summed E-state index contributed by atoms with van der Waals surface area (Å²) in [6.07, 6.45) is 9.86. The first-order valence-corrected chi connectivity index (χ1v) is 10.0. The third kappa shape index (κ3) is 4.13. The number of amides is 1. The first-order chi connectivity index (χ1) is 14.1. The van der Waals surface area contributed by atoms with Crippen molar-refractivity contribution in [2.45, 2.75) is 51.7 Å². The van der Waals surface area contributed by atoms with Gasteiger partial charge in [-0.05, 0) is 48.9 Å². The summed E-state index contributed by atoms with van der Waals surface area (Å²) in [5.41, 5.74) is 7.82. The van der Waals surface area contributed by atoms with E-state index in [2.05, 4.69) is 44.6 Å². The number of hydrogen-bond acceptors (Lipinski definition) is 6. The number of aromatic nitrogens is 3. The van der Waals surface area contributed by atoms with Gasteiger partial charge >= 0.3 is 0 Å². The number of hydrazone groups is 1. The second kappa shape index (κ2) is 8.26. The summed E-state index contributed by atoms with van der Waals surface area (Å²) in [7, 11) is 0. The Hall–Kier alpha value is -2.84. The van der Waals surface area contributed by atoms with Crippen molar-refractivity contribution in [1.29, 1.82) is 0 Å². The molecule has 1 aliphatic heterocycles. The van der Waals surface area contributed by atoms with E-state index in [1.807, 2.05) is 6.08 Å². The van der Waals surface area contributed by atoms with Crippen molar-refractivity contribution in [2.75, 3.05) is 6.54 Å². The van der Waals surface area contributed by atoms with Crippen LogP contribution in [0.5, 0.6) is 0 Å². The molecule has 1 amide bonds. The first kappa shape index (κ1) is 19.5. The van der Waals surface area contributed by atoms with Crippen molar-refractivity contribution in [3.05, 3.63) is 52.4 Å². The highest BCUT2D eigenvalue weighted by Crippen LogP contribution is 2.30. The minimum atomic E-state index is -0.280. The molecule has 0 atom stereocenters. The number of aliphatic hydroxyl groups excluding tert-OH is 1. The molecule has 3 heterocycles. The Morgan fingerprint density at radius 3 is 2.83 bits per heavy atom. The Bertz CT molecular complexity index is 957. The van der Waals surface area contributed by atoms with Gasteiger partial charge < -0.3 is 15.4 Å². The van der Waals surface area contributed by atoms with Crippen molar-refractivity contribution in [1.82, 2.24) is 25.7 Å². The van der Waals surface area contributed by atoms with Gasteiger partial charge in [-0.15, -0.1) is 0 Å². The standard InChI is InChI=1S/C21H26N6O2/c1-12(2)19-14(5-6-23-13-3-4-13)18(11-28)25-16(19)9-15-20(26-27-21(15)29)17-10-22-7-8-24-17/h7-10,12-13,23,25,28H,3-6,11H2,1-2H3,(H,27,29)/b15-9+. The van der Waals surface area contributed by atoms with E-state index in [1.54, 1.807) is 18.6 Å². The average molecular weight is 394 g/mol. The van der Waals surface area contributed by atoms with E-state index >= 15 is 0 Å². The van der Waals surface area contributed by atoms with E-state index in [-0.39, 0.29) is 18.4 Å². The molecule has 2 aliphatic rings. The highest BCUT2D eigenvalue weighted by atomic mass is 16.3. The van der Waals surface area contributed by atoms with Crippen molar-refractivity contribution < 1.29 is 9.90 Å². The molecule has 152 valence electrons. The Labute approximate surface area is 169 Å². The van der Waals surface area contributed by atoms with Crippen LogP contribution >= 0.6 is 0 Å². The molecular formula is C21H26N6O2. The van der Waals surface area contributed by atoms with Gasteiger partial charge in [0.05, 0.1) is 18.4 Å². The highest BCUT2D eigenvalue weighted by Gasteiger charge is 2.27. The van der Waals surface area contributed by atoms with Crippen LogP contribution in [0.1, 0.15) is 60.8 Å². The molecule has 1 fully saturated rings. The zero-order valence-corrected chi connectivity index (χ0v) is 16.7. The molecule has 29 heavy (non-hydrogen) atoms. The van der Waals surface area contributed by atoms with E-state index in [1.165, 1.54) is 12.8 Å². The quantitative estimate of drug-likeness (QED) is 0.508. The van der Waals surface area contributed by atoms with E-state index in [9.17, 15) is 9.90 Å². The average Bonchev–Trinajstić information content (AvgIpc) is 3.38. The van der Waals surface area contributed by atoms with Gasteiger partial charge in [0.2, 0.25) is 0 Å². The maximum atomic E-state index is 12.4. The smallest absolute Gasteiger partial charge is 0.273 e. The van der Waals surface area contributed by atoms with Crippen LogP contribution in [0.4, 0.5) is 0 Å². The van der Waals surface area contributed by atoms with E-state index < -0.39 is 0 Å². The summed E-state index contributed by atoms with van der Waals surface area (Å²) in [6, 6.07) is 0.642. The predicted octanol–water partition coefficient (Wildman–Crippen LogP) is 1.63. The number of nitrogens with zero attached hydrogens (tertiary/aromatic N) is 3. The van der Waals surface area contributed by atoms with Gasteiger partial charge in [-0.2, -0.15) is 5.10 Å². The Balaban J connectivity index is 1.70. The zero-order chi connectivity index (χ0) is 20.4. The molecule has 0 bridgehead atoms. The third-order valence-corrected chi connectivity index (χ3v) is 5.25. The maximum Gasteiger partial charge on any atom is 0.273 e. The minimum Gasteiger partial charge on any atom is -0.390 e. The van der Waals surface area contributed by atoms with E-state index in [0.29, 0.717) is 23.0 Å². The van der Waals surface area contributed by atoms with Gasteiger partial charge in [0, 0.05) is 29.8 Å². The van der Waals surface area contributed by atoms with Crippen LogP contribution in [-0.2, 0) is 17.8 Å². The summed E-state index contributed by atoms with van der Waals surface area (Å²) in [5, 5.41) is 17.6. The second-order valence-electron chi connectivity index (χ2n) is 7.75. The van der Waals surface area contributed by atoms with Crippen molar-refractivity contribution >= 4 is 17.7 Å². The number of hydrogen-bond donors (Lipinski definition) is 4. The number of rotatable bonds is 8. The number of carbonyl (C=O) groups excluding carboxylic acids is 1. The molecule has 1 saturated carbocycles. The van der Waals surface area contributed by atoms with Crippen LogP contribution < -0.4 is 10.7 Å². The summed E-state index contributed by atoms with van der Waals surface area (Å²) in [6.45, 7) is 5.05. The van der Waals surface area contributed by atoms with Gasteiger partial charge in [0.15, 0.2) is 0 Å². The molecule has 8 nitrogen and oxygen atoms in total. The summed E-state index contributed by atoms with van der Waals surface area (Å²) >= 11 is 0. The largest absolute Gasteiger partial charge is 0.390 e. The molecule has 0 saturated heterocycles. The maximum absolute atomic E-state index is 12.4. The van der Waals surface area contributed by atoms with Gasteiger partial charge in [-0.25, -0.2) is 5.43 Å². The molecule has 2 aromatic heterocycles. The minimum absolute atomic E-state index is 0.0705. The van der Waals surface area contributed by atoms with Crippen LogP contribution in [0.15, 0.2) is 29.3 Å². The van der Waals surface area contributed by atoms with Gasteiger partial charge in [-0.3, -0.25) is 14.8 Å².